The molecule has 0 aromatic carbocycles. The summed E-state index contributed by atoms with van der Waals surface area (Å²) in [5.74, 6) is 0. The van der Waals surface area contributed by atoms with Gasteiger partial charge in [0.1, 0.15) is 0 Å². The van der Waals surface area contributed by atoms with E-state index < -0.39 is 0 Å². The molecule has 34 heavy (non-hydrogen) atoms. The van der Waals surface area contributed by atoms with Gasteiger partial charge in [0.05, 0.1) is 22.8 Å². The van der Waals surface area contributed by atoms with Gasteiger partial charge in [0.25, 0.3) is 0 Å². The topological polar surface area (TPSA) is 98.0 Å². The Labute approximate surface area is 205 Å². The molecule has 4 atom stereocenters. The number of hydrogen-bond donors (Lipinski definition) is 6. The van der Waals surface area contributed by atoms with Gasteiger partial charge in [0, 0.05) is 76.5 Å². The average Bonchev–Trinajstić information content (AvgIpc) is 2.86. The largest absolute Gasteiger partial charge is 0.314 e. The van der Waals surface area contributed by atoms with E-state index in [2.05, 4.69) is 96.0 Å². The summed E-state index contributed by atoms with van der Waals surface area (Å²) < 4.78 is 0. The molecule has 8 heteroatoms. The Balaban J connectivity index is 1.58. The zero-order chi connectivity index (χ0) is 24.2. The van der Waals surface area contributed by atoms with Crippen molar-refractivity contribution in [1.29, 1.82) is 0 Å². The van der Waals surface area contributed by atoms with Crippen LogP contribution in [0.15, 0.2) is 36.4 Å². The molecule has 1 aliphatic heterocycles. The number of fused-ring (bicyclic) bond motifs is 4. The lowest BCUT2D eigenvalue weighted by molar-refractivity contribution is 0.494. The number of hydrogen-bond acceptors (Lipinski definition) is 8. The summed E-state index contributed by atoms with van der Waals surface area (Å²) in [7, 11) is 0. The molecular weight excluding hydrogens is 424 g/mol. The van der Waals surface area contributed by atoms with Crippen molar-refractivity contribution in [3.05, 3.63) is 59.2 Å². The maximum atomic E-state index is 4.90. The molecular formula is C26H44N8. The van der Waals surface area contributed by atoms with Crippen molar-refractivity contribution in [1.82, 2.24) is 41.9 Å². The second-order valence-electron chi connectivity index (χ2n) is 9.18. The highest BCUT2D eigenvalue weighted by Gasteiger charge is 2.12. The Hall–Kier alpha value is -1.94. The molecule has 0 aliphatic carbocycles. The first-order valence-corrected chi connectivity index (χ1v) is 12.8. The monoisotopic (exact) mass is 468 g/mol. The minimum absolute atomic E-state index is 0.215. The molecule has 4 bridgehead atoms. The fraction of sp³-hybridized carbons (Fsp3) is 0.615. The number of pyridine rings is 2. The molecule has 0 saturated heterocycles. The van der Waals surface area contributed by atoms with Gasteiger partial charge in [-0.15, -0.1) is 0 Å². The molecule has 1 aliphatic rings. The second kappa shape index (κ2) is 14.5. The minimum Gasteiger partial charge on any atom is -0.314 e. The smallest absolute Gasteiger partial charge is 0.0574 e. The summed E-state index contributed by atoms with van der Waals surface area (Å²) in [6.45, 7) is 16.0. The van der Waals surface area contributed by atoms with Crippen LogP contribution in [0, 0.1) is 0 Å². The predicted octanol–water partition coefficient (Wildman–Crippen LogP) is 1.97. The van der Waals surface area contributed by atoms with Gasteiger partial charge in [-0.3, -0.25) is 9.97 Å². The van der Waals surface area contributed by atoms with Crippen molar-refractivity contribution in [3.63, 3.8) is 0 Å². The van der Waals surface area contributed by atoms with Crippen LogP contribution in [0.4, 0.5) is 0 Å². The third-order valence-corrected chi connectivity index (χ3v) is 6.37. The van der Waals surface area contributed by atoms with Crippen LogP contribution in [-0.4, -0.2) is 62.3 Å². The van der Waals surface area contributed by atoms with Gasteiger partial charge in [-0.1, -0.05) is 12.1 Å². The zero-order valence-corrected chi connectivity index (χ0v) is 21.3. The van der Waals surface area contributed by atoms with E-state index in [4.69, 9.17) is 9.97 Å². The van der Waals surface area contributed by atoms with Crippen molar-refractivity contribution in [3.8, 4) is 0 Å². The van der Waals surface area contributed by atoms with Crippen molar-refractivity contribution in [2.75, 3.05) is 52.4 Å². The van der Waals surface area contributed by atoms with E-state index in [0.717, 1.165) is 75.1 Å². The zero-order valence-electron chi connectivity index (χ0n) is 21.3. The molecule has 3 rings (SSSR count). The van der Waals surface area contributed by atoms with Crippen LogP contribution in [0.25, 0.3) is 0 Å². The Morgan fingerprint density at radius 3 is 1.00 bits per heavy atom. The van der Waals surface area contributed by atoms with Crippen molar-refractivity contribution in [2.24, 2.45) is 0 Å². The molecule has 0 radical (unpaired) electrons. The summed E-state index contributed by atoms with van der Waals surface area (Å²) in [5, 5.41) is 21.4. The second-order valence-corrected chi connectivity index (χ2v) is 9.18. The molecule has 3 heterocycles. The van der Waals surface area contributed by atoms with Crippen LogP contribution >= 0.6 is 0 Å². The van der Waals surface area contributed by atoms with E-state index in [1.54, 1.807) is 0 Å². The quantitative estimate of drug-likeness (QED) is 0.349. The van der Waals surface area contributed by atoms with Gasteiger partial charge in [0.2, 0.25) is 0 Å². The lowest BCUT2D eigenvalue weighted by Crippen LogP contribution is -2.35. The van der Waals surface area contributed by atoms with Gasteiger partial charge >= 0.3 is 0 Å². The Kier molecular flexibility index (Phi) is 11.3. The lowest BCUT2D eigenvalue weighted by atomic mass is 10.1. The standard InChI is InChI=1S/C26H44N8/c1-19-23-7-5-8-24(33-23)20(2)30-17-13-28-14-18-32-22(4)26-10-6-9-25(34-26)21(3)31-16-12-27-11-15-29-19/h5-10,19-22,27-32H,11-18H2,1-4H3. The molecule has 188 valence electrons. The number of nitrogens with zero attached hydrogens (tertiary/aromatic N) is 2. The van der Waals surface area contributed by atoms with Crippen LogP contribution in [0.3, 0.4) is 0 Å². The molecule has 2 aromatic rings. The van der Waals surface area contributed by atoms with Crippen LogP contribution in [-0.2, 0) is 0 Å². The van der Waals surface area contributed by atoms with Gasteiger partial charge in [-0.05, 0) is 52.0 Å². The minimum atomic E-state index is 0.215. The molecule has 4 unspecified atom stereocenters. The first-order chi connectivity index (χ1) is 16.5. The number of rotatable bonds is 0. The highest BCUT2D eigenvalue weighted by molar-refractivity contribution is 5.17. The van der Waals surface area contributed by atoms with E-state index >= 15 is 0 Å². The van der Waals surface area contributed by atoms with E-state index in [1.807, 2.05) is 0 Å². The van der Waals surface area contributed by atoms with E-state index in [1.165, 1.54) is 0 Å². The van der Waals surface area contributed by atoms with Crippen LogP contribution < -0.4 is 31.9 Å². The first-order valence-electron chi connectivity index (χ1n) is 12.8. The van der Waals surface area contributed by atoms with Gasteiger partial charge < -0.3 is 31.9 Å². The highest BCUT2D eigenvalue weighted by Crippen LogP contribution is 2.15. The fourth-order valence-electron chi connectivity index (χ4n) is 4.08. The predicted molar refractivity (Wildman–Crippen MR) is 140 cm³/mol. The Bertz CT molecular complexity index is 717. The van der Waals surface area contributed by atoms with E-state index in [9.17, 15) is 0 Å². The lowest BCUT2D eigenvalue weighted by Gasteiger charge is -2.19. The van der Waals surface area contributed by atoms with Crippen LogP contribution in [0.5, 0.6) is 0 Å². The number of nitrogens with one attached hydrogen (secondary N) is 6. The van der Waals surface area contributed by atoms with E-state index in [0.29, 0.717) is 0 Å². The third kappa shape index (κ3) is 8.69. The fourth-order valence-corrected chi connectivity index (χ4v) is 4.08. The van der Waals surface area contributed by atoms with Gasteiger partial charge in [-0.25, -0.2) is 0 Å². The average molecular weight is 469 g/mol. The van der Waals surface area contributed by atoms with E-state index in [-0.39, 0.29) is 24.2 Å². The van der Waals surface area contributed by atoms with Crippen LogP contribution in [0.1, 0.15) is 74.6 Å². The normalized spacial score (nSPS) is 26.9. The Morgan fingerprint density at radius 1 is 0.471 bits per heavy atom. The third-order valence-electron chi connectivity index (χ3n) is 6.37. The molecule has 8 nitrogen and oxygen atoms in total. The molecule has 2 aromatic heterocycles. The van der Waals surface area contributed by atoms with Gasteiger partial charge in [-0.2, -0.15) is 0 Å². The molecule has 6 N–H and O–H groups in total. The highest BCUT2D eigenvalue weighted by atomic mass is 15.0. The van der Waals surface area contributed by atoms with Crippen molar-refractivity contribution < 1.29 is 0 Å². The molecule has 0 fully saturated rings. The summed E-state index contributed by atoms with van der Waals surface area (Å²) in [6.07, 6.45) is 0. The maximum absolute atomic E-state index is 4.90. The first kappa shape index (κ1) is 26.7. The van der Waals surface area contributed by atoms with Crippen molar-refractivity contribution in [2.45, 2.75) is 51.9 Å². The van der Waals surface area contributed by atoms with Gasteiger partial charge in [0.15, 0.2) is 0 Å². The molecule has 0 spiro atoms. The Morgan fingerprint density at radius 2 is 0.735 bits per heavy atom. The summed E-state index contributed by atoms with van der Waals surface area (Å²) in [6, 6.07) is 13.5. The maximum Gasteiger partial charge on any atom is 0.0574 e. The molecule has 0 saturated carbocycles. The summed E-state index contributed by atoms with van der Waals surface area (Å²) >= 11 is 0. The van der Waals surface area contributed by atoms with Crippen LogP contribution in [0.2, 0.25) is 0 Å². The SMILES string of the molecule is CC1NCCNCCNC(C)c2cccc(n2)C(C)NCCNCCNC(C)c2cccc1n2. The summed E-state index contributed by atoms with van der Waals surface area (Å²) in [5.41, 5.74) is 4.35. The van der Waals surface area contributed by atoms with Crippen molar-refractivity contribution >= 4 is 0 Å². The summed E-state index contributed by atoms with van der Waals surface area (Å²) in [4.78, 5) is 9.81. The molecule has 0 amide bonds. The number of aromatic nitrogens is 2.